The molecule has 9 nitrogen and oxygen atoms in total. The molecule has 25 heavy (non-hydrogen) atoms. The van der Waals surface area contributed by atoms with Crippen LogP contribution in [0, 0.1) is 0 Å². The van der Waals surface area contributed by atoms with Crippen molar-refractivity contribution in [2.45, 2.75) is 0 Å². The van der Waals surface area contributed by atoms with Gasteiger partial charge in [0, 0.05) is 25.1 Å². The Kier molecular flexibility index (Phi) is 4.21. The summed E-state index contributed by atoms with van der Waals surface area (Å²) in [6, 6.07) is 4.35. The molecule has 0 radical (unpaired) electrons. The molecule has 0 saturated heterocycles. The standard InChI is InChI=1S/C16H12N4O5/c1-20-14(22)10-3-2-9(6-11(10)15(20)23)19-13(21)8-25-16(24)12-7-17-4-5-18-12/h2-7H,8H2,1H3,(H,19,21). The fourth-order valence-electron chi connectivity index (χ4n) is 2.25. The minimum absolute atomic E-state index is 0.0139. The molecule has 1 aromatic carbocycles. The number of rotatable bonds is 4. The van der Waals surface area contributed by atoms with Gasteiger partial charge in [0.15, 0.2) is 12.3 Å². The highest BCUT2D eigenvalue weighted by Crippen LogP contribution is 2.24. The molecule has 2 aromatic rings. The summed E-state index contributed by atoms with van der Waals surface area (Å²) in [5.41, 5.74) is 0.789. The fraction of sp³-hybridized carbons (Fsp3) is 0.125. The van der Waals surface area contributed by atoms with Gasteiger partial charge >= 0.3 is 5.97 Å². The molecule has 1 aromatic heterocycles. The van der Waals surface area contributed by atoms with Gasteiger partial charge in [-0.3, -0.25) is 24.3 Å². The van der Waals surface area contributed by atoms with Crippen LogP contribution in [-0.4, -0.2) is 52.2 Å². The van der Waals surface area contributed by atoms with Crippen molar-refractivity contribution in [1.82, 2.24) is 14.9 Å². The normalized spacial score (nSPS) is 12.8. The molecule has 0 bridgehead atoms. The molecule has 0 atom stereocenters. The highest BCUT2D eigenvalue weighted by Gasteiger charge is 2.32. The molecule has 0 fully saturated rings. The molecule has 0 aliphatic carbocycles. The van der Waals surface area contributed by atoms with Gasteiger partial charge in [-0.15, -0.1) is 0 Å². The average Bonchev–Trinajstić information content (AvgIpc) is 2.84. The number of esters is 1. The summed E-state index contributed by atoms with van der Waals surface area (Å²) >= 11 is 0. The van der Waals surface area contributed by atoms with Gasteiger partial charge in [0.05, 0.1) is 17.3 Å². The number of fused-ring (bicyclic) bond motifs is 1. The zero-order chi connectivity index (χ0) is 18.0. The molecule has 2 heterocycles. The SMILES string of the molecule is CN1C(=O)c2ccc(NC(=O)COC(=O)c3cnccn3)cc2C1=O. The van der Waals surface area contributed by atoms with Gasteiger partial charge in [0.25, 0.3) is 17.7 Å². The Labute approximate surface area is 141 Å². The van der Waals surface area contributed by atoms with Crippen LogP contribution in [0.15, 0.2) is 36.8 Å². The lowest BCUT2D eigenvalue weighted by atomic mass is 10.1. The molecule has 9 heteroatoms. The zero-order valence-corrected chi connectivity index (χ0v) is 13.1. The Morgan fingerprint density at radius 3 is 2.64 bits per heavy atom. The predicted octanol–water partition coefficient (Wildman–Crippen LogP) is 0.498. The molecular weight excluding hydrogens is 328 g/mol. The highest BCUT2D eigenvalue weighted by molar-refractivity contribution is 6.21. The molecule has 0 spiro atoms. The fourth-order valence-corrected chi connectivity index (χ4v) is 2.25. The number of hydrogen-bond acceptors (Lipinski definition) is 7. The second-order valence-electron chi connectivity index (χ2n) is 5.14. The Morgan fingerprint density at radius 2 is 1.92 bits per heavy atom. The second kappa shape index (κ2) is 6.48. The molecule has 1 aliphatic heterocycles. The number of carbonyl (C=O) groups excluding carboxylic acids is 4. The van der Waals surface area contributed by atoms with Crippen molar-refractivity contribution in [2.75, 3.05) is 19.0 Å². The van der Waals surface area contributed by atoms with E-state index in [2.05, 4.69) is 15.3 Å². The Balaban J connectivity index is 1.62. The topological polar surface area (TPSA) is 119 Å². The maximum absolute atomic E-state index is 11.9. The van der Waals surface area contributed by atoms with Crippen LogP contribution in [0.4, 0.5) is 5.69 Å². The number of imide groups is 1. The minimum Gasteiger partial charge on any atom is -0.451 e. The Hall–Kier alpha value is -3.62. The van der Waals surface area contributed by atoms with E-state index in [-0.39, 0.29) is 16.8 Å². The lowest BCUT2D eigenvalue weighted by molar-refractivity contribution is -0.119. The Bertz CT molecular complexity index is 881. The molecule has 0 saturated carbocycles. The number of benzene rings is 1. The monoisotopic (exact) mass is 340 g/mol. The van der Waals surface area contributed by atoms with Crippen molar-refractivity contribution in [3.8, 4) is 0 Å². The number of aromatic nitrogens is 2. The molecule has 126 valence electrons. The molecule has 3 amide bonds. The third-order valence-corrected chi connectivity index (χ3v) is 3.48. The average molecular weight is 340 g/mol. The van der Waals surface area contributed by atoms with Crippen molar-refractivity contribution in [2.24, 2.45) is 0 Å². The number of nitrogens with one attached hydrogen (secondary N) is 1. The van der Waals surface area contributed by atoms with Gasteiger partial charge in [-0.25, -0.2) is 9.78 Å². The van der Waals surface area contributed by atoms with E-state index in [0.717, 1.165) is 4.90 Å². The van der Waals surface area contributed by atoms with E-state index in [4.69, 9.17) is 4.74 Å². The van der Waals surface area contributed by atoms with Gasteiger partial charge in [0.1, 0.15) is 0 Å². The van der Waals surface area contributed by atoms with E-state index in [1.165, 1.54) is 43.8 Å². The first kappa shape index (κ1) is 16.2. The molecule has 0 unspecified atom stereocenters. The van der Waals surface area contributed by atoms with Gasteiger partial charge in [0.2, 0.25) is 0 Å². The summed E-state index contributed by atoms with van der Waals surface area (Å²) in [5, 5.41) is 2.49. The minimum atomic E-state index is -0.778. The molecular formula is C16H12N4O5. The number of anilines is 1. The van der Waals surface area contributed by atoms with E-state index >= 15 is 0 Å². The number of hydrogen-bond donors (Lipinski definition) is 1. The van der Waals surface area contributed by atoms with Gasteiger partial charge in [-0.05, 0) is 18.2 Å². The third-order valence-electron chi connectivity index (χ3n) is 3.48. The van der Waals surface area contributed by atoms with Crippen molar-refractivity contribution < 1.29 is 23.9 Å². The zero-order valence-electron chi connectivity index (χ0n) is 13.1. The van der Waals surface area contributed by atoms with Crippen molar-refractivity contribution in [3.63, 3.8) is 0 Å². The van der Waals surface area contributed by atoms with Crippen molar-refractivity contribution in [3.05, 3.63) is 53.6 Å². The first-order valence-corrected chi connectivity index (χ1v) is 7.17. The summed E-state index contributed by atoms with van der Waals surface area (Å²) in [7, 11) is 1.38. The summed E-state index contributed by atoms with van der Waals surface area (Å²) in [6.07, 6.45) is 3.96. The van der Waals surface area contributed by atoms with Crippen LogP contribution < -0.4 is 5.32 Å². The molecule has 1 aliphatic rings. The van der Waals surface area contributed by atoms with Crippen molar-refractivity contribution in [1.29, 1.82) is 0 Å². The van der Waals surface area contributed by atoms with Crippen LogP contribution >= 0.6 is 0 Å². The number of nitrogens with zero attached hydrogens (tertiary/aromatic N) is 3. The van der Waals surface area contributed by atoms with E-state index in [9.17, 15) is 19.2 Å². The van der Waals surface area contributed by atoms with Crippen LogP contribution in [0.25, 0.3) is 0 Å². The van der Waals surface area contributed by atoms with Gasteiger partial charge in [-0.2, -0.15) is 0 Å². The van der Waals surface area contributed by atoms with Crippen LogP contribution in [0.5, 0.6) is 0 Å². The van der Waals surface area contributed by atoms with Crippen LogP contribution in [-0.2, 0) is 9.53 Å². The van der Waals surface area contributed by atoms with Crippen LogP contribution in [0.2, 0.25) is 0 Å². The van der Waals surface area contributed by atoms with Crippen molar-refractivity contribution >= 4 is 29.4 Å². The number of carbonyl (C=O) groups is 4. The largest absolute Gasteiger partial charge is 0.451 e. The smallest absolute Gasteiger partial charge is 0.359 e. The van der Waals surface area contributed by atoms with Gasteiger partial charge < -0.3 is 10.1 Å². The van der Waals surface area contributed by atoms with Gasteiger partial charge in [-0.1, -0.05) is 0 Å². The summed E-state index contributed by atoms with van der Waals surface area (Å²) in [6.45, 7) is -0.528. The predicted molar refractivity (Wildman–Crippen MR) is 83.8 cm³/mol. The first-order valence-electron chi connectivity index (χ1n) is 7.17. The lowest BCUT2D eigenvalue weighted by Crippen LogP contribution is -2.24. The van der Waals surface area contributed by atoms with E-state index in [0.29, 0.717) is 5.69 Å². The van der Waals surface area contributed by atoms with E-state index < -0.39 is 30.3 Å². The summed E-state index contributed by atoms with van der Waals surface area (Å²) < 4.78 is 4.83. The number of ether oxygens (including phenoxy) is 1. The van der Waals surface area contributed by atoms with Crippen LogP contribution in [0.1, 0.15) is 31.2 Å². The molecule has 1 N–H and O–H groups in total. The highest BCUT2D eigenvalue weighted by atomic mass is 16.5. The second-order valence-corrected chi connectivity index (χ2v) is 5.14. The van der Waals surface area contributed by atoms with Crippen LogP contribution in [0.3, 0.4) is 0 Å². The molecule has 3 rings (SSSR count). The summed E-state index contributed by atoms with van der Waals surface area (Å²) in [4.78, 5) is 55.8. The van der Waals surface area contributed by atoms with E-state index in [1.54, 1.807) is 0 Å². The quantitative estimate of drug-likeness (QED) is 0.636. The first-order chi connectivity index (χ1) is 12.0. The maximum Gasteiger partial charge on any atom is 0.359 e. The van der Waals surface area contributed by atoms with E-state index in [1.807, 2.05) is 0 Å². The summed E-state index contributed by atoms with van der Waals surface area (Å²) in [5.74, 6) is -2.21. The Morgan fingerprint density at radius 1 is 1.16 bits per heavy atom. The lowest BCUT2D eigenvalue weighted by Gasteiger charge is -2.07. The third kappa shape index (κ3) is 3.20. The number of amides is 3. The maximum atomic E-state index is 11.9.